The first-order valence-electron chi connectivity index (χ1n) is 20.4. The highest BCUT2D eigenvalue weighted by Gasteiger charge is 2.20. The van der Waals surface area contributed by atoms with Crippen LogP contribution in [0.3, 0.4) is 0 Å². The van der Waals surface area contributed by atoms with E-state index in [-0.39, 0.29) is 0 Å². The highest BCUT2D eigenvalue weighted by Crippen LogP contribution is 2.41. The average Bonchev–Trinajstić information content (AvgIpc) is 3.74. The molecule has 0 bridgehead atoms. The highest BCUT2D eigenvalue weighted by molar-refractivity contribution is 6.22. The monoisotopic (exact) mass is 751 g/mol. The van der Waals surface area contributed by atoms with Crippen molar-refractivity contribution in [3.63, 3.8) is 0 Å². The number of fused-ring (bicyclic) bond motifs is 9. The summed E-state index contributed by atoms with van der Waals surface area (Å²) in [4.78, 5) is 5.42. The highest BCUT2D eigenvalue weighted by atomic mass is 15.0. The molecule has 0 fully saturated rings. The molecule has 1 aliphatic rings. The Morgan fingerprint density at radius 1 is 0.373 bits per heavy atom. The standard InChI is InChI=1S/C56H37N3/c1-3-16-39(17-4-1)56-46-23-10-8-15-38(46)26-30-50(57-56)42-18-13-21-44(34-42)59-53-32-29-41(36-49(53)55-45-22-9-7-14-37(45)27-33-54(55)59)40-28-31-52-48(35-40)47-24-11-12-25-51(47)58(52)43-19-5-2-6-20-43/h1-25,27-36H,26H2. The Kier molecular flexibility index (Phi) is 7.60. The van der Waals surface area contributed by atoms with Crippen molar-refractivity contribution in [2.24, 2.45) is 4.99 Å². The normalized spacial score (nSPS) is 12.9. The summed E-state index contributed by atoms with van der Waals surface area (Å²) in [7, 11) is 0. The fourth-order valence-corrected chi connectivity index (χ4v) is 9.42. The van der Waals surface area contributed by atoms with E-state index in [4.69, 9.17) is 4.99 Å². The van der Waals surface area contributed by atoms with Crippen LogP contribution in [-0.2, 0) is 6.42 Å². The van der Waals surface area contributed by atoms with Crippen LogP contribution in [0, 0.1) is 0 Å². The number of allylic oxidation sites excluding steroid dienone is 1. The third kappa shape index (κ3) is 5.40. The van der Waals surface area contributed by atoms with Gasteiger partial charge in [-0.05, 0) is 94.5 Å². The lowest BCUT2D eigenvalue weighted by molar-refractivity contribution is 1.18. The molecule has 0 N–H and O–H groups in total. The molecule has 11 aromatic rings. The summed E-state index contributed by atoms with van der Waals surface area (Å²) < 4.78 is 4.82. The number of para-hydroxylation sites is 2. The van der Waals surface area contributed by atoms with Crippen molar-refractivity contribution in [3.05, 3.63) is 235 Å². The number of rotatable bonds is 5. The van der Waals surface area contributed by atoms with Gasteiger partial charge in [-0.1, -0.05) is 152 Å². The minimum absolute atomic E-state index is 0.818. The maximum Gasteiger partial charge on any atom is 0.0784 e. The predicted molar refractivity (Wildman–Crippen MR) is 248 cm³/mol. The molecule has 9 aromatic carbocycles. The second-order valence-electron chi connectivity index (χ2n) is 15.5. The van der Waals surface area contributed by atoms with E-state index in [1.165, 1.54) is 82.3 Å². The second-order valence-corrected chi connectivity index (χ2v) is 15.5. The lowest BCUT2D eigenvalue weighted by Gasteiger charge is -2.12. The molecule has 3 heterocycles. The van der Waals surface area contributed by atoms with Crippen molar-refractivity contribution < 1.29 is 0 Å². The van der Waals surface area contributed by atoms with E-state index in [1.54, 1.807) is 0 Å². The number of hydrogen-bond donors (Lipinski definition) is 0. The molecular weight excluding hydrogens is 715 g/mol. The quantitative estimate of drug-likeness (QED) is 0.167. The van der Waals surface area contributed by atoms with Gasteiger partial charge in [0, 0.05) is 49.6 Å². The Morgan fingerprint density at radius 3 is 1.83 bits per heavy atom. The van der Waals surface area contributed by atoms with Crippen LogP contribution >= 0.6 is 0 Å². The number of nitrogens with zero attached hydrogens (tertiary/aromatic N) is 3. The van der Waals surface area contributed by atoms with E-state index in [9.17, 15) is 0 Å². The maximum absolute atomic E-state index is 5.42. The Labute approximate surface area is 342 Å². The van der Waals surface area contributed by atoms with Crippen LogP contribution in [0.25, 0.3) is 82.6 Å². The molecule has 0 radical (unpaired) electrons. The van der Waals surface area contributed by atoms with Gasteiger partial charge < -0.3 is 9.13 Å². The minimum Gasteiger partial charge on any atom is -0.309 e. The Balaban J connectivity index is 1.04. The SMILES string of the molecule is C1=C(c2cccc(-n3c4ccc(-c5ccc6c(c5)c5ccccc5n6-c5ccccc5)cc4c4c5ccccc5ccc43)c2)N=C(c2ccccc2)c2ccccc2C1. The first kappa shape index (κ1) is 33.4. The minimum atomic E-state index is 0.818. The van der Waals surface area contributed by atoms with Crippen molar-refractivity contribution in [1.82, 2.24) is 9.13 Å². The lowest BCUT2D eigenvalue weighted by Crippen LogP contribution is -2.05. The van der Waals surface area contributed by atoms with E-state index < -0.39 is 0 Å². The van der Waals surface area contributed by atoms with Crippen LogP contribution in [0.15, 0.2) is 217 Å². The van der Waals surface area contributed by atoms with Gasteiger partial charge in [-0.3, -0.25) is 0 Å². The molecule has 0 spiro atoms. The summed E-state index contributed by atoms with van der Waals surface area (Å²) in [6, 6.07) is 74.9. The summed E-state index contributed by atoms with van der Waals surface area (Å²) in [5.41, 5.74) is 16.1. The van der Waals surface area contributed by atoms with E-state index in [1.807, 2.05) is 0 Å². The number of hydrogen-bond acceptors (Lipinski definition) is 1. The topological polar surface area (TPSA) is 22.2 Å². The van der Waals surface area contributed by atoms with Gasteiger partial charge >= 0.3 is 0 Å². The molecule has 2 aromatic heterocycles. The molecule has 3 nitrogen and oxygen atoms in total. The zero-order chi connectivity index (χ0) is 38.9. The van der Waals surface area contributed by atoms with Crippen LogP contribution < -0.4 is 0 Å². The van der Waals surface area contributed by atoms with Gasteiger partial charge in [0.25, 0.3) is 0 Å². The van der Waals surface area contributed by atoms with Gasteiger partial charge in [0.2, 0.25) is 0 Å². The lowest BCUT2D eigenvalue weighted by atomic mass is 9.96. The predicted octanol–water partition coefficient (Wildman–Crippen LogP) is 14.1. The van der Waals surface area contributed by atoms with Crippen molar-refractivity contribution >= 4 is 65.8 Å². The number of aliphatic imine (C=N–C) groups is 1. The van der Waals surface area contributed by atoms with Crippen molar-refractivity contribution in [2.75, 3.05) is 0 Å². The third-order valence-electron chi connectivity index (χ3n) is 12.1. The zero-order valence-corrected chi connectivity index (χ0v) is 32.3. The van der Waals surface area contributed by atoms with Gasteiger partial charge in [0.1, 0.15) is 0 Å². The molecule has 12 rings (SSSR count). The Bertz CT molecular complexity index is 3510. The molecule has 276 valence electrons. The first-order chi connectivity index (χ1) is 29.3. The third-order valence-corrected chi connectivity index (χ3v) is 12.1. The van der Waals surface area contributed by atoms with Crippen LogP contribution in [0.2, 0.25) is 0 Å². The van der Waals surface area contributed by atoms with E-state index in [0.29, 0.717) is 0 Å². The van der Waals surface area contributed by atoms with Crippen LogP contribution in [-0.4, -0.2) is 14.8 Å². The van der Waals surface area contributed by atoms with Gasteiger partial charge in [0.15, 0.2) is 0 Å². The van der Waals surface area contributed by atoms with Crippen LogP contribution in [0.5, 0.6) is 0 Å². The largest absolute Gasteiger partial charge is 0.309 e. The smallest absolute Gasteiger partial charge is 0.0784 e. The summed E-state index contributed by atoms with van der Waals surface area (Å²) in [5, 5.41) is 7.50. The molecule has 3 heteroatoms. The van der Waals surface area contributed by atoms with Crippen LogP contribution in [0.1, 0.15) is 22.3 Å². The fourth-order valence-electron chi connectivity index (χ4n) is 9.42. The van der Waals surface area contributed by atoms with E-state index in [0.717, 1.165) is 34.6 Å². The van der Waals surface area contributed by atoms with Gasteiger partial charge in [0.05, 0.1) is 33.5 Å². The molecule has 59 heavy (non-hydrogen) atoms. The molecule has 0 unspecified atom stereocenters. The molecule has 1 aliphatic heterocycles. The number of benzene rings is 9. The van der Waals surface area contributed by atoms with Gasteiger partial charge in [-0.15, -0.1) is 0 Å². The fraction of sp³-hybridized carbons (Fsp3) is 0.0179. The second kappa shape index (κ2) is 13.4. The van der Waals surface area contributed by atoms with Gasteiger partial charge in [-0.2, -0.15) is 0 Å². The zero-order valence-electron chi connectivity index (χ0n) is 32.3. The number of aromatic nitrogens is 2. The Hall–Kier alpha value is -7.75. The maximum atomic E-state index is 5.42. The summed E-state index contributed by atoms with van der Waals surface area (Å²) in [6.07, 6.45) is 3.10. The molecule has 0 saturated heterocycles. The van der Waals surface area contributed by atoms with Gasteiger partial charge in [-0.25, -0.2) is 4.99 Å². The molecule has 0 amide bonds. The molecule has 0 atom stereocenters. The molecule has 0 saturated carbocycles. The first-order valence-corrected chi connectivity index (χ1v) is 20.4. The summed E-state index contributed by atoms with van der Waals surface area (Å²) >= 11 is 0. The Morgan fingerprint density at radius 2 is 0.983 bits per heavy atom. The van der Waals surface area contributed by atoms with Crippen molar-refractivity contribution in [1.29, 1.82) is 0 Å². The molecular formula is C56H37N3. The summed E-state index contributed by atoms with van der Waals surface area (Å²) in [6.45, 7) is 0. The molecule has 0 aliphatic carbocycles. The van der Waals surface area contributed by atoms with E-state index in [2.05, 4.69) is 221 Å². The van der Waals surface area contributed by atoms with Crippen molar-refractivity contribution in [3.8, 4) is 22.5 Å². The van der Waals surface area contributed by atoms with Crippen LogP contribution in [0.4, 0.5) is 0 Å². The summed E-state index contributed by atoms with van der Waals surface area (Å²) in [5.74, 6) is 0. The van der Waals surface area contributed by atoms with E-state index >= 15 is 0 Å². The van der Waals surface area contributed by atoms with Crippen molar-refractivity contribution in [2.45, 2.75) is 6.42 Å². The average molecular weight is 752 g/mol.